The van der Waals surface area contributed by atoms with Gasteiger partial charge in [0, 0.05) is 29.9 Å². The van der Waals surface area contributed by atoms with E-state index in [1.807, 2.05) is 24.3 Å². The van der Waals surface area contributed by atoms with E-state index in [1.165, 1.54) is 0 Å². The van der Waals surface area contributed by atoms with Gasteiger partial charge >= 0.3 is 0 Å². The number of nitrogens with zero attached hydrogens (tertiary/aromatic N) is 2. The molecule has 0 saturated carbocycles. The van der Waals surface area contributed by atoms with Crippen LogP contribution in [-0.4, -0.2) is 30.6 Å². The van der Waals surface area contributed by atoms with Crippen molar-refractivity contribution in [1.82, 2.24) is 10.3 Å². The number of benzene rings is 1. The molecule has 6 heteroatoms. The van der Waals surface area contributed by atoms with E-state index in [4.69, 9.17) is 16.3 Å². The average Bonchev–Trinajstić information content (AvgIpc) is 2.95. The number of halogens is 1. The van der Waals surface area contributed by atoms with Gasteiger partial charge in [0.15, 0.2) is 0 Å². The molecule has 0 spiro atoms. The Morgan fingerprint density at radius 3 is 2.83 bits per heavy atom. The Balaban J connectivity index is 1.61. The van der Waals surface area contributed by atoms with Gasteiger partial charge in [-0.05, 0) is 36.8 Å². The number of hydrogen-bond acceptors (Lipinski definition) is 4. The van der Waals surface area contributed by atoms with Gasteiger partial charge in [0.05, 0.1) is 18.8 Å². The second-order valence-corrected chi connectivity index (χ2v) is 5.80. The molecule has 0 radical (unpaired) electrons. The molecule has 5 nitrogen and oxygen atoms in total. The van der Waals surface area contributed by atoms with Crippen LogP contribution in [0.25, 0.3) is 0 Å². The SMILES string of the molecule is COc1cccc(CNC2CCN(c3ccc(Cl)cc3)C2=O)n1. The molecule has 1 fully saturated rings. The maximum absolute atomic E-state index is 12.5. The zero-order chi connectivity index (χ0) is 16.2. The summed E-state index contributed by atoms with van der Waals surface area (Å²) in [6.45, 7) is 1.23. The Morgan fingerprint density at radius 2 is 2.09 bits per heavy atom. The van der Waals surface area contributed by atoms with Gasteiger partial charge in [0.1, 0.15) is 0 Å². The highest BCUT2D eigenvalue weighted by Gasteiger charge is 2.32. The van der Waals surface area contributed by atoms with E-state index in [-0.39, 0.29) is 11.9 Å². The second-order valence-electron chi connectivity index (χ2n) is 5.36. The van der Waals surface area contributed by atoms with E-state index in [9.17, 15) is 4.79 Å². The second kappa shape index (κ2) is 6.98. The van der Waals surface area contributed by atoms with Crippen LogP contribution in [0.4, 0.5) is 5.69 Å². The summed E-state index contributed by atoms with van der Waals surface area (Å²) in [4.78, 5) is 18.6. The number of anilines is 1. The molecule has 120 valence electrons. The Morgan fingerprint density at radius 1 is 1.30 bits per heavy atom. The van der Waals surface area contributed by atoms with Crippen molar-refractivity contribution >= 4 is 23.2 Å². The Kier molecular flexibility index (Phi) is 4.79. The third-order valence-corrected chi connectivity index (χ3v) is 4.12. The maximum atomic E-state index is 12.5. The van der Waals surface area contributed by atoms with Crippen molar-refractivity contribution in [3.8, 4) is 5.88 Å². The molecule has 1 unspecified atom stereocenters. The smallest absolute Gasteiger partial charge is 0.244 e. The molecule has 0 bridgehead atoms. The number of amides is 1. The highest BCUT2D eigenvalue weighted by Crippen LogP contribution is 2.23. The topological polar surface area (TPSA) is 54.5 Å². The lowest BCUT2D eigenvalue weighted by molar-refractivity contribution is -0.118. The lowest BCUT2D eigenvalue weighted by atomic mass is 10.2. The van der Waals surface area contributed by atoms with E-state index < -0.39 is 0 Å². The van der Waals surface area contributed by atoms with Crippen molar-refractivity contribution in [1.29, 1.82) is 0 Å². The summed E-state index contributed by atoms with van der Waals surface area (Å²) >= 11 is 5.89. The van der Waals surface area contributed by atoms with E-state index in [0.717, 1.165) is 17.8 Å². The zero-order valence-electron chi connectivity index (χ0n) is 12.8. The number of nitrogens with one attached hydrogen (secondary N) is 1. The minimum absolute atomic E-state index is 0.0789. The predicted molar refractivity (Wildman–Crippen MR) is 89.8 cm³/mol. The van der Waals surface area contributed by atoms with Crippen LogP contribution in [-0.2, 0) is 11.3 Å². The van der Waals surface area contributed by atoms with Crippen LogP contribution in [0.15, 0.2) is 42.5 Å². The standard InChI is InChI=1S/C17H18ClN3O2/c1-23-16-4-2-3-13(20-16)11-19-15-9-10-21(17(15)22)14-7-5-12(18)6-8-14/h2-8,15,19H,9-11H2,1H3. The minimum atomic E-state index is -0.196. The molecule has 0 aliphatic carbocycles. The van der Waals surface area contributed by atoms with E-state index in [0.29, 0.717) is 24.0 Å². The fourth-order valence-corrected chi connectivity index (χ4v) is 2.77. The summed E-state index contributed by atoms with van der Waals surface area (Å²) in [7, 11) is 1.59. The third kappa shape index (κ3) is 3.63. The fraction of sp³-hybridized carbons (Fsp3) is 0.294. The summed E-state index contributed by atoms with van der Waals surface area (Å²) in [6.07, 6.45) is 0.769. The van der Waals surface area contributed by atoms with Crippen LogP contribution in [0.2, 0.25) is 5.02 Å². The van der Waals surface area contributed by atoms with Crippen LogP contribution < -0.4 is 15.0 Å². The first kappa shape index (κ1) is 15.8. The Bertz CT molecular complexity index is 690. The third-order valence-electron chi connectivity index (χ3n) is 3.86. The summed E-state index contributed by atoms with van der Waals surface area (Å²) in [5.74, 6) is 0.653. The lowest BCUT2D eigenvalue weighted by Gasteiger charge is -2.17. The first-order valence-corrected chi connectivity index (χ1v) is 7.85. The van der Waals surface area contributed by atoms with Crippen molar-refractivity contribution in [2.75, 3.05) is 18.6 Å². The number of ether oxygens (including phenoxy) is 1. The van der Waals surface area contributed by atoms with Crippen molar-refractivity contribution < 1.29 is 9.53 Å². The molecule has 1 N–H and O–H groups in total. The highest BCUT2D eigenvalue weighted by molar-refractivity contribution is 6.30. The molecular weight excluding hydrogens is 314 g/mol. The first-order valence-electron chi connectivity index (χ1n) is 7.47. The van der Waals surface area contributed by atoms with Gasteiger partial charge in [-0.3, -0.25) is 4.79 Å². The number of carbonyl (C=O) groups is 1. The Hall–Kier alpha value is -2.11. The zero-order valence-corrected chi connectivity index (χ0v) is 13.6. The molecule has 2 aromatic rings. The van der Waals surface area contributed by atoms with E-state index in [1.54, 1.807) is 30.2 Å². The quantitative estimate of drug-likeness (QED) is 0.915. The van der Waals surface area contributed by atoms with Gasteiger partial charge in [-0.1, -0.05) is 17.7 Å². The maximum Gasteiger partial charge on any atom is 0.244 e. The molecule has 1 saturated heterocycles. The van der Waals surface area contributed by atoms with E-state index in [2.05, 4.69) is 10.3 Å². The van der Waals surface area contributed by atoms with Gasteiger partial charge in [0.25, 0.3) is 0 Å². The number of methoxy groups -OCH3 is 1. The molecule has 2 heterocycles. The molecule has 1 aromatic carbocycles. The lowest BCUT2D eigenvalue weighted by Crippen LogP contribution is -2.38. The van der Waals surface area contributed by atoms with Crippen molar-refractivity contribution in [2.24, 2.45) is 0 Å². The number of rotatable bonds is 5. The van der Waals surface area contributed by atoms with Gasteiger partial charge in [-0.2, -0.15) is 0 Å². The minimum Gasteiger partial charge on any atom is -0.481 e. The first-order chi connectivity index (χ1) is 11.2. The number of carbonyl (C=O) groups excluding carboxylic acids is 1. The molecule has 1 atom stereocenters. The Labute approximate surface area is 140 Å². The van der Waals surface area contributed by atoms with Crippen LogP contribution in [0.1, 0.15) is 12.1 Å². The van der Waals surface area contributed by atoms with E-state index >= 15 is 0 Å². The summed E-state index contributed by atoms with van der Waals surface area (Å²) in [6, 6.07) is 12.7. The normalized spacial score (nSPS) is 17.6. The van der Waals surface area contributed by atoms with Crippen LogP contribution >= 0.6 is 11.6 Å². The van der Waals surface area contributed by atoms with Crippen LogP contribution in [0.3, 0.4) is 0 Å². The summed E-state index contributed by atoms with van der Waals surface area (Å²) < 4.78 is 5.11. The fourth-order valence-electron chi connectivity index (χ4n) is 2.64. The average molecular weight is 332 g/mol. The van der Waals surface area contributed by atoms with Gasteiger partial charge in [0.2, 0.25) is 11.8 Å². The molecule has 1 aromatic heterocycles. The van der Waals surface area contributed by atoms with Gasteiger partial charge < -0.3 is 15.0 Å². The van der Waals surface area contributed by atoms with Crippen molar-refractivity contribution in [3.63, 3.8) is 0 Å². The molecule has 3 rings (SSSR count). The summed E-state index contributed by atoms with van der Waals surface area (Å²) in [5, 5.41) is 3.94. The monoisotopic (exact) mass is 331 g/mol. The molecule has 23 heavy (non-hydrogen) atoms. The molecule has 1 amide bonds. The molecule has 1 aliphatic heterocycles. The summed E-state index contributed by atoms with van der Waals surface area (Å²) in [5.41, 5.74) is 1.73. The predicted octanol–water partition coefficient (Wildman–Crippen LogP) is 2.64. The number of hydrogen-bond donors (Lipinski definition) is 1. The molecule has 1 aliphatic rings. The van der Waals surface area contributed by atoms with Crippen molar-refractivity contribution in [2.45, 2.75) is 19.0 Å². The van der Waals surface area contributed by atoms with Gasteiger partial charge in [-0.25, -0.2) is 4.98 Å². The largest absolute Gasteiger partial charge is 0.481 e. The van der Waals surface area contributed by atoms with Crippen molar-refractivity contribution in [3.05, 3.63) is 53.2 Å². The highest BCUT2D eigenvalue weighted by atomic mass is 35.5. The van der Waals surface area contributed by atoms with Crippen LogP contribution in [0, 0.1) is 0 Å². The molecular formula is C17H18ClN3O2. The van der Waals surface area contributed by atoms with Crippen LogP contribution in [0.5, 0.6) is 5.88 Å². The number of pyridine rings is 1. The van der Waals surface area contributed by atoms with Gasteiger partial charge in [-0.15, -0.1) is 0 Å². The number of aromatic nitrogens is 1.